The molecule has 3 heteroatoms. The molecule has 0 amide bonds. The second-order valence-corrected chi connectivity index (χ2v) is 6.72. The highest BCUT2D eigenvalue weighted by atomic mass is 16.3. The van der Waals surface area contributed by atoms with Gasteiger partial charge in [-0.1, -0.05) is 24.3 Å². The van der Waals surface area contributed by atoms with Crippen molar-refractivity contribution in [2.24, 2.45) is 0 Å². The third-order valence-electron chi connectivity index (χ3n) is 5.03. The molecule has 1 unspecified atom stereocenters. The maximum Gasteiger partial charge on any atom is 0.156 e. The maximum absolute atomic E-state index is 10.4. The van der Waals surface area contributed by atoms with Crippen LogP contribution in [0.4, 0.5) is 0 Å². The average molecular weight is 298 g/mol. The van der Waals surface area contributed by atoms with E-state index in [0.29, 0.717) is 0 Å². The Balaban J connectivity index is 1.76. The van der Waals surface area contributed by atoms with E-state index in [0.717, 1.165) is 17.7 Å². The molecule has 3 rings (SSSR count). The molecule has 2 heterocycles. The van der Waals surface area contributed by atoms with Crippen molar-refractivity contribution in [3.05, 3.63) is 53.2 Å². The molecule has 0 aromatic heterocycles. The molecule has 2 aliphatic heterocycles. The van der Waals surface area contributed by atoms with Crippen LogP contribution >= 0.6 is 0 Å². The first kappa shape index (κ1) is 15.3. The highest BCUT2D eigenvalue weighted by molar-refractivity contribution is 5.76. The minimum Gasteiger partial charge on any atom is -0.367 e. The quantitative estimate of drug-likeness (QED) is 0.928. The summed E-state index contributed by atoms with van der Waals surface area (Å²) in [5.41, 5.74) is 3.81. The number of nitrogens with zero attached hydrogens (tertiary/aromatic N) is 2. The van der Waals surface area contributed by atoms with Gasteiger partial charge in [-0.25, -0.2) is 0 Å². The second-order valence-electron chi connectivity index (χ2n) is 6.72. The Labute approximate surface area is 133 Å². The van der Waals surface area contributed by atoms with Crippen molar-refractivity contribution < 1.29 is 5.11 Å². The fourth-order valence-electron chi connectivity index (χ4n) is 3.18. The summed E-state index contributed by atoms with van der Waals surface area (Å²) in [7, 11) is 1.91. The third-order valence-corrected chi connectivity index (χ3v) is 5.03. The first-order valence-corrected chi connectivity index (χ1v) is 8.14. The smallest absolute Gasteiger partial charge is 0.156 e. The van der Waals surface area contributed by atoms with Gasteiger partial charge >= 0.3 is 0 Å². The van der Waals surface area contributed by atoms with Gasteiger partial charge in [0.1, 0.15) is 0 Å². The molecule has 1 N–H and O–H groups in total. The largest absolute Gasteiger partial charge is 0.367 e. The van der Waals surface area contributed by atoms with Crippen LogP contribution in [0.2, 0.25) is 0 Å². The highest BCUT2D eigenvalue weighted by Crippen LogP contribution is 2.31. The molecule has 1 aromatic rings. The van der Waals surface area contributed by atoms with E-state index < -0.39 is 5.72 Å². The van der Waals surface area contributed by atoms with Gasteiger partial charge in [-0.15, -0.1) is 0 Å². The lowest BCUT2D eigenvalue weighted by atomic mass is 9.94. The lowest BCUT2D eigenvalue weighted by molar-refractivity contribution is -0.0195. The van der Waals surface area contributed by atoms with Crippen molar-refractivity contribution in [1.82, 2.24) is 9.80 Å². The Bertz CT molecular complexity index is 592. The van der Waals surface area contributed by atoms with Crippen molar-refractivity contribution in [2.45, 2.75) is 39.0 Å². The molecule has 0 saturated carbocycles. The summed E-state index contributed by atoms with van der Waals surface area (Å²) in [4.78, 5) is 4.39. The van der Waals surface area contributed by atoms with E-state index in [1.54, 1.807) is 0 Å². The van der Waals surface area contributed by atoms with Crippen LogP contribution in [0.15, 0.2) is 42.1 Å². The van der Waals surface area contributed by atoms with Crippen LogP contribution in [0, 0.1) is 0 Å². The van der Waals surface area contributed by atoms with E-state index in [2.05, 4.69) is 35.2 Å². The normalized spacial score (nSPS) is 26.1. The molecular formula is C19H26N2O. The Morgan fingerprint density at radius 3 is 2.36 bits per heavy atom. The van der Waals surface area contributed by atoms with Gasteiger partial charge in [-0.05, 0) is 68.1 Å². The molecule has 0 aliphatic carbocycles. The monoisotopic (exact) mass is 298 g/mol. The van der Waals surface area contributed by atoms with Gasteiger partial charge < -0.3 is 10.0 Å². The van der Waals surface area contributed by atoms with Crippen molar-refractivity contribution in [2.75, 3.05) is 20.1 Å². The summed E-state index contributed by atoms with van der Waals surface area (Å²) < 4.78 is 0. The fourth-order valence-corrected chi connectivity index (χ4v) is 3.18. The van der Waals surface area contributed by atoms with Crippen molar-refractivity contribution >= 4 is 5.57 Å². The summed E-state index contributed by atoms with van der Waals surface area (Å²) in [6, 6.07) is 8.83. The molecule has 1 saturated heterocycles. The number of allylic oxidation sites excluding steroid dienone is 2. The van der Waals surface area contributed by atoms with Crippen LogP contribution in [0.1, 0.15) is 37.8 Å². The lowest BCUT2D eigenvalue weighted by Crippen LogP contribution is -2.43. The summed E-state index contributed by atoms with van der Waals surface area (Å²) in [6.07, 6.45) is 6.76. The molecule has 22 heavy (non-hydrogen) atoms. The van der Waals surface area contributed by atoms with E-state index >= 15 is 0 Å². The Morgan fingerprint density at radius 1 is 1.14 bits per heavy atom. The van der Waals surface area contributed by atoms with Gasteiger partial charge in [0.05, 0.1) is 0 Å². The topological polar surface area (TPSA) is 26.7 Å². The number of hydrogen-bond acceptors (Lipinski definition) is 3. The van der Waals surface area contributed by atoms with Gasteiger partial charge in [0, 0.05) is 19.8 Å². The second kappa shape index (κ2) is 5.90. The standard InChI is InChI=1S/C19H26N2O/c1-15-12-18(14-20(3)19(15,2)22)17-8-6-16(7-9-17)13-21-10-4-5-11-21/h6-9,12,14,22H,4-5,10-11,13H2,1-3H3. The number of aliphatic hydroxyl groups is 1. The van der Waals surface area contributed by atoms with Crippen LogP contribution < -0.4 is 0 Å². The maximum atomic E-state index is 10.4. The van der Waals surface area contributed by atoms with Gasteiger partial charge in [-0.2, -0.15) is 0 Å². The van der Waals surface area contributed by atoms with Gasteiger partial charge in [0.2, 0.25) is 0 Å². The summed E-state index contributed by atoms with van der Waals surface area (Å²) in [5.74, 6) is 0. The van der Waals surface area contributed by atoms with E-state index in [1.807, 2.05) is 32.0 Å². The molecule has 1 aromatic carbocycles. The van der Waals surface area contributed by atoms with Gasteiger partial charge in [0.15, 0.2) is 5.72 Å². The zero-order chi connectivity index (χ0) is 15.7. The summed E-state index contributed by atoms with van der Waals surface area (Å²) in [6.45, 7) is 7.32. The van der Waals surface area contributed by atoms with E-state index in [9.17, 15) is 5.11 Å². The van der Waals surface area contributed by atoms with Crippen molar-refractivity contribution in [1.29, 1.82) is 0 Å². The molecule has 1 atom stereocenters. The van der Waals surface area contributed by atoms with Crippen LogP contribution in [-0.4, -0.2) is 40.8 Å². The molecule has 0 radical (unpaired) electrons. The van der Waals surface area contributed by atoms with Crippen LogP contribution in [-0.2, 0) is 6.54 Å². The Hall–Kier alpha value is -1.58. The van der Waals surface area contributed by atoms with Gasteiger partial charge in [-0.3, -0.25) is 4.90 Å². The average Bonchev–Trinajstić information content (AvgIpc) is 2.98. The summed E-state index contributed by atoms with van der Waals surface area (Å²) >= 11 is 0. The molecule has 2 aliphatic rings. The number of rotatable bonds is 3. The van der Waals surface area contributed by atoms with Gasteiger partial charge in [0.25, 0.3) is 0 Å². The predicted octanol–water partition coefficient (Wildman–Crippen LogP) is 3.22. The molecule has 3 nitrogen and oxygen atoms in total. The Morgan fingerprint density at radius 2 is 1.77 bits per heavy atom. The fraction of sp³-hybridized carbons (Fsp3) is 0.474. The zero-order valence-electron chi connectivity index (χ0n) is 13.8. The molecule has 0 bridgehead atoms. The van der Waals surface area contributed by atoms with Crippen LogP contribution in [0.5, 0.6) is 0 Å². The van der Waals surface area contributed by atoms with Crippen molar-refractivity contribution in [3.8, 4) is 0 Å². The lowest BCUT2D eigenvalue weighted by Gasteiger charge is -2.37. The first-order chi connectivity index (χ1) is 10.5. The molecular weight excluding hydrogens is 272 g/mol. The van der Waals surface area contributed by atoms with E-state index in [-0.39, 0.29) is 0 Å². The number of likely N-dealkylation sites (N-methyl/N-ethyl adjacent to an activating group) is 1. The molecule has 118 valence electrons. The minimum absolute atomic E-state index is 0.890. The minimum atomic E-state index is -0.890. The van der Waals surface area contributed by atoms with E-state index in [1.165, 1.54) is 37.1 Å². The third kappa shape index (κ3) is 2.96. The predicted molar refractivity (Wildman–Crippen MR) is 91.1 cm³/mol. The molecule has 1 fully saturated rings. The van der Waals surface area contributed by atoms with Crippen molar-refractivity contribution in [3.63, 3.8) is 0 Å². The molecule has 0 spiro atoms. The number of likely N-dealkylation sites (tertiary alicyclic amines) is 1. The van der Waals surface area contributed by atoms with Crippen LogP contribution in [0.25, 0.3) is 5.57 Å². The zero-order valence-corrected chi connectivity index (χ0v) is 13.8. The SMILES string of the molecule is CC1=CC(c2ccc(CN3CCCC3)cc2)=CN(C)C1(C)O. The van der Waals surface area contributed by atoms with Crippen LogP contribution in [0.3, 0.4) is 0 Å². The Kier molecular flexibility index (Phi) is 4.11. The number of hydrogen-bond donors (Lipinski definition) is 1. The highest BCUT2D eigenvalue weighted by Gasteiger charge is 2.29. The van der Waals surface area contributed by atoms with E-state index in [4.69, 9.17) is 0 Å². The first-order valence-electron chi connectivity index (χ1n) is 8.14. The summed E-state index contributed by atoms with van der Waals surface area (Å²) in [5, 5.41) is 10.4. The number of benzene rings is 1.